The first-order valence-corrected chi connectivity index (χ1v) is 15.4. The Kier molecular flexibility index (Phi) is 10.5. The maximum atomic E-state index is 14.1. The molecule has 12 heteroatoms. The lowest BCUT2D eigenvalue weighted by Gasteiger charge is -2.43. The minimum atomic E-state index is -1.27. The van der Waals surface area contributed by atoms with Gasteiger partial charge in [-0.2, -0.15) is 0 Å². The minimum absolute atomic E-state index is 0.0556. The predicted molar refractivity (Wildman–Crippen MR) is 172 cm³/mol. The van der Waals surface area contributed by atoms with E-state index in [1.807, 2.05) is 18.2 Å². The van der Waals surface area contributed by atoms with E-state index in [0.717, 1.165) is 56.3 Å². The highest BCUT2D eigenvalue weighted by atomic mass is 32.1. The predicted octanol–water partition coefficient (Wildman–Crippen LogP) is 5.82. The number of imide groups is 1. The largest absolute Gasteiger partial charge is 0.468 e. The van der Waals surface area contributed by atoms with Crippen molar-refractivity contribution in [1.82, 2.24) is 15.1 Å². The van der Waals surface area contributed by atoms with Gasteiger partial charge in [0, 0.05) is 18.2 Å². The Hall–Kier alpha value is -4.55. The zero-order valence-corrected chi connectivity index (χ0v) is 26.1. The number of carbonyl (C=O) groups is 3. The average molecular weight is 649 g/mol. The molecule has 1 N–H and O–H groups in total. The van der Waals surface area contributed by atoms with Crippen LogP contribution in [0.25, 0.3) is 0 Å². The fourth-order valence-corrected chi connectivity index (χ4v) is 6.42. The van der Waals surface area contributed by atoms with Crippen molar-refractivity contribution in [3.05, 3.63) is 101 Å². The van der Waals surface area contributed by atoms with Crippen molar-refractivity contribution >= 4 is 42.0 Å². The summed E-state index contributed by atoms with van der Waals surface area (Å²) in [6.07, 6.45) is 3.44. The van der Waals surface area contributed by atoms with Gasteiger partial charge in [-0.25, -0.2) is 28.3 Å². The summed E-state index contributed by atoms with van der Waals surface area (Å²) in [7, 11) is 1.15. The molecule has 240 valence electrons. The monoisotopic (exact) mass is 648 g/mol. The number of urea groups is 2. The number of rotatable bonds is 10. The quantitative estimate of drug-likeness (QED) is 0.168. The van der Waals surface area contributed by atoms with Crippen LogP contribution < -0.4 is 10.1 Å². The summed E-state index contributed by atoms with van der Waals surface area (Å²) in [6.45, 7) is 2.61. The summed E-state index contributed by atoms with van der Waals surface area (Å²) >= 11 is 4.81. The Morgan fingerprint density at radius 3 is 2.37 bits per heavy atom. The van der Waals surface area contributed by atoms with Crippen LogP contribution in [0.5, 0.6) is 5.75 Å². The summed E-state index contributed by atoms with van der Waals surface area (Å²) in [5, 5.41) is 2.73. The van der Waals surface area contributed by atoms with Crippen molar-refractivity contribution in [3.8, 4) is 5.75 Å². The molecule has 2 atom stereocenters. The van der Waals surface area contributed by atoms with Crippen molar-refractivity contribution in [2.24, 2.45) is 10.9 Å². The molecule has 9 nitrogen and oxygen atoms in total. The molecule has 46 heavy (non-hydrogen) atoms. The molecule has 1 saturated heterocycles. The molecule has 2 heterocycles. The number of hydrogen-bond acceptors (Lipinski definition) is 7. The molecule has 0 saturated carbocycles. The van der Waals surface area contributed by atoms with E-state index in [4.69, 9.17) is 21.7 Å². The number of piperidine rings is 1. The van der Waals surface area contributed by atoms with Crippen molar-refractivity contribution < 1.29 is 32.6 Å². The number of nitrogens with one attached hydrogen (secondary N) is 1. The van der Waals surface area contributed by atoms with Gasteiger partial charge in [-0.3, -0.25) is 4.79 Å². The lowest BCUT2D eigenvalue weighted by atomic mass is 9.68. The number of methoxy groups -OCH3 is 1. The Labute approximate surface area is 271 Å². The normalized spacial score (nSPS) is 19.4. The third-order valence-corrected chi connectivity index (χ3v) is 8.80. The first-order chi connectivity index (χ1) is 22.3. The van der Waals surface area contributed by atoms with Crippen molar-refractivity contribution in [3.63, 3.8) is 0 Å². The summed E-state index contributed by atoms with van der Waals surface area (Å²) in [5.74, 6) is -3.55. The molecule has 5 rings (SSSR count). The van der Waals surface area contributed by atoms with E-state index < -0.39 is 41.6 Å². The standard InChI is InChI=1S/C34H34F2N4O5S/c1-44-31(41)27-21-38-33(43)40(30(27)23-8-13-28(35)29(36)20-23)32(42)37-16-5-17-39-18-14-34(15-19-39,24-6-3-2-4-7-24)25-9-11-26(12-10-25)45-22-46/h2-4,6-13,20-22,27,30H,5,14-19H2,1H3,(H,37,42). The number of thiocarbonyl (C=S) groups is 1. The number of benzene rings is 3. The second-order valence-electron chi connectivity index (χ2n) is 11.2. The van der Waals surface area contributed by atoms with Gasteiger partial charge in [0.25, 0.3) is 0 Å². The van der Waals surface area contributed by atoms with E-state index in [-0.39, 0.29) is 17.5 Å². The summed E-state index contributed by atoms with van der Waals surface area (Å²) < 4.78 is 38.0. The number of halogens is 2. The smallest absolute Gasteiger partial charge is 0.351 e. The van der Waals surface area contributed by atoms with E-state index in [9.17, 15) is 23.2 Å². The number of nitrogens with zero attached hydrogens (tertiary/aromatic N) is 3. The lowest BCUT2D eigenvalue weighted by molar-refractivity contribution is -0.144. The number of aliphatic imine (C=N–C) groups is 1. The van der Waals surface area contributed by atoms with Crippen molar-refractivity contribution in [2.75, 3.05) is 33.3 Å². The molecule has 0 spiro atoms. The van der Waals surface area contributed by atoms with E-state index >= 15 is 0 Å². The van der Waals surface area contributed by atoms with Crippen LogP contribution in [-0.4, -0.2) is 72.9 Å². The maximum absolute atomic E-state index is 14.1. The summed E-state index contributed by atoms with van der Waals surface area (Å²) in [5.41, 5.74) is 3.59. The molecule has 0 aromatic heterocycles. The number of esters is 1. The highest BCUT2D eigenvalue weighted by molar-refractivity contribution is 7.78. The zero-order valence-electron chi connectivity index (χ0n) is 25.2. The second-order valence-corrected chi connectivity index (χ2v) is 11.4. The van der Waals surface area contributed by atoms with Crippen LogP contribution in [0.3, 0.4) is 0 Å². The molecule has 0 radical (unpaired) electrons. The summed E-state index contributed by atoms with van der Waals surface area (Å²) in [4.78, 5) is 45.4. The van der Waals surface area contributed by atoms with Crippen LogP contribution in [0, 0.1) is 17.6 Å². The van der Waals surface area contributed by atoms with Gasteiger partial charge in [-0.15, -0.1) is 0 Å². The van der Waals surface area contributed by atoms with Crippen LogP contribution >= 0.6 is 12.2 Å². The van der Waals surface area contributed by atoms with E-state index in [0.29, 0.717) is 18.7 Å². The average Bonchev–Trinajstić information content (AvgIpc) is 3.08. The highest BCUT2D eigenvalue weighted by Crippen LogP contribution is 2.42. The van der Waals surface area contributed by atoms with Crippen LogP contribution in [0.2, 0.25) is 0 Å². The van der Waals surface area contributed by atoms with Gasteiger partial charge >= 0.3 is 18.0 Å². The maximum Gasteiger partial charge on any atom is 0.351 e. The molecule has 3 aromatic rings. The van der Waals surface area contributed by atoms with Gasteiger partial charge in [-0.1, -0.05) is 48.5 Å². The first-order valence-electron chi connectivity index (χ1n) is 14.9. The van der Waals surface area contributed by atoms with Crippen LogP contribution in [0.1, 0.15) is 42.0 Å². The SMILES string of the molecule is COC(=O)C1C=NC(=O)N(C(=O)NCCCN2CCC(c3ccccc3)(c3ccc(OC=S)cc3)CC2)C1c1ccc(F)c(F)c1. The molecule has 2 aliphatic heterocycles. The fourth-order valence-electron chi connectivity index (χ4n) is 6.31. The van der Waals surface area contributed by atoms with E-state index in [1.54, 1.807) is 0 Å². The van der Waals surface area contributed by atoms with Gasteiger partial charge in [0.05, 0.1) is 13.2 Å². The van der Waals surface area contributed by atoms with Crippen LogP contribution in [-0.2, 0) is 14.9 Å². The third-order valence-electron chi connectivity index (χ3n) is 8.70. The van der Waals surface area contributed by atoms with Crippen molar-refractivity contribution in [2.45, 2.75) is 30.7 Å². The molecule has 2 aliphatic rings. The first kappa shape index (κ1) is 32.8. The minimum Gasteiger partial charge on any atom is -0.468 e. The summed E-state index contributed by atoms with van der Waals surface area (Å²) in [6, 6.07) is 18.5. The van der Waals surface area contributed by atoms with Gasteiger partial charge in [0.2, 0.25) is 0 Å². The zero-order chi connectivity index (χ0) is 32.7. The number of amides is 4. The van der Waals surface area contributed by atoms with E-state index in [2.05, 4.69) is 51.6 Å². The molecule has 4 amide bonds. The Morgan fingerprint density at radius 1 is 1.02 bits per heavy atom. The topological polar surface area (TPSA) is 101 Å². The molecule has 0 bridgehead atoms. The number of carbonyl (C=O) groups excluding carboxylic acids is 3. The molecular formula is C34H34F2N4O5S. The van der Waals surface area contributed by atoms with Gasteiger partial charge in [0.15, 0.2) is 17.2 Å². The Balaban J connectivity index is 1.22. The van der Waals surface area contributed by atoms with Crippen LogP contribution in [0.15, 0.2) is 77.8 Å². The lowest BCUT2D eigenvalue weighted by Crippen LogP contribution is -2.51. The number of ether oxygens (including phenoxy) is 2. The third kappa shape index (κ3) is 6.97. The molecule has 0 aliphatic carbocycles. The number of likely N-dealkylation sites (tertiary alicyclic amines) is 1. The molecule has 1 fully saturated rings. The Bertz CT molecular complexity index is 1600. The number of hydrogen-bond donors (Lipinski definition) is 1. The van der Waals surface area contributed by atoms with Gasteiger partial charge < -0.3 is 19.7 Å². The fraction of sp³-hybridized carbons (Fsp3) is 0.324. The van der Waals surface area contributed by atoms with Crippen molar-refractivity contribution in [1.29, 1.82) is 0 Å². The van der Waals surface area contributed by atoms with Crippen LogP contribution in [0.4, 0.5) is 18.4 Å². The van der Waals surface area contributed by atoms with Gasteiger partial charge in [0.1, 0.15) is 11.7 Å². The molecule has 3 aromatic carbocycles. The highest BCUT2D eigenvalue weighted by Gasteiger charge is 2.43. The second kappa shape index (κ2) is 14.7. The Morgan fingerprint density at radius 2 is 1.72 bits per heavy atom. The molecular weight excluding hydrogens is 614 g/mol. The van der Waals surface area contributed by atoms with Gasteiger partial charge in [-0.05, 0) is 92.1 Å². The van der Waals surface area contributed by atoms with E-state index in [1.165, 1.54) is 22.7 Å². The molecule has 2 unspecified atom stereocenters.